The van der Waals surface area contributed by atoms with Gasteiger partial charge in [-0.05, 0) is 54.8 Å². The third-order valence-electron chi connectivity index (χ3n) is 11.4. The number of anilines is 1. The highest BCUT2D eigenvalue weighted by Crippen LogP contribution is 2.60. The van der Waals surface area contributed by atoms with Gasteiger partial charge in [-0.15, -0.1) is 6.58 Å². The molecule has 10 nitrogen and oxygen atoms in total. The fourth-order valence-electron chi connectivity index (χ4n) is 8.86. The van der Waals surface area contributed by atoms with Gasteiger partial charge in [-0.2, -0.15) is 9.78 Å². The number of methoxy groups -OCH3 is 1. The van der Waals surface area contributed by atoms with Gasteiger partial charge in [0.1, 0.15) is 5.75 Å². The predicted molar refractivity (Wildman–Crippen MR) is 196 cm³/mol. The van der Waals surface area contributed by atoms with E-state index in [-0.39, 0.29) is 54.4 Å². The molecular formula is C39H44N4O6Si. The normalized spacial score (nSPS) is 24.7. The smallest absolute Gasteiger partial charge is 0.279 e. The first-order valence-electron chi connectivity index (χ1n) is 17.3. The predicted octanol–water partition coefficient (Wildman–Crippen LogP) is 4.52. The lowest BCUT2D eigenvalue weighted by atomic mass is 9.82. The average molecular weight is 693 g/mol. The molecule has 0 saturated carbocycles. The van der Waals surface area contributed by atoms with Crippen LogP contribution in [0.2, 0.25) is 18.6 Å². The number of hydrogen-bond acceptors (Lipinski definition) is 7. The summed E-state index contributed by atoms with van der Waals surface area (Å²) in [7, 11) is -0.860. The Hall–Kier alpha value is -4.58. The molecule has 0 radical (unpaired) electrons. The summed E-state index contributed by atoms with van der Waals surface area (Å²) in [5.74, 6) is 0.139. The number of fused-ring (bicyclic) bond motifs is 3. The molecule has 2 saturated heterocycles. The van der Waals surface area contributed by atoms with Gasteiger partial charge in [0, 0.05) is 30.0 Å². The zero-order valence-corrected chi connectivity index (χ0v) is 30.0. The Morgan fingerprint density at radius 3 is 2.62 bits per heavy atom. The molecule has 0 aliphatic carbocycles. The fourth-order valence-corrected chi connectivity index (χ4v) is 12.9. The van der Waals surface area contributed by atoms with E-state index in [9.17, 15) is 19.5 Å². The zero-order chi connectivity index (χ0) is 35.4. The molecule has 4 heterocycles. The monoisotopic (exact) mass is 692 g/mol. The van der Waals surface area contributed by atoms with Crippen LogP contribution >= 0.6 is 0 Å². The lowest BCUT2D eigenvalue weighted by Gasteiger charge is -2.37. The highest BCUT2D eigenvalue weighted by molar-refractivity contribution is 6.91. The maximum absolute atomic E-state index is 14.9. The molecule has 1 N–H and O–H groups in total. The number of ether oxygens (including phenoxy) is 2. The van der Waals surface area contributed by atoms with E-state index in [2.05, 4.69) is 43.8 Å². The van der Waals surface area contributed by atoms with Crippen molar-refractivity contribution in [1.82, 2.24) is 14.7 Å². The average Bonchev–Trinajstić information content (AvgIpc) is 3.79. The summed E-state index contributed by atoms with van der Waals surface area (Å²) in [5.41, 5.74) is 0.0408. The topological polar surface area (TPSA) is 114 Å². The molecule has 1 aromatic heterocycles. The Labute approximate surface area is 292 Å². The van der Waals surface area contributed by atoms with Gasteiger partial charge in [0.15, 0.2) is 5.60 Å². The molecule has 3 aliphatic rings. The Kier molecular flexibility index (Phi) is 8.78. The summed E-state index contributed by atoms with van der Waals surface area (Å²) in [5, 5.41) is 17.0. The van der Waals surface area contributed by atoms with Crippen molar-refractivity contribution in [3.8, 4) is 11.4 Å². The quantitative estimate of drug-likeness (QED) is 0.203. The molecule has 3 aliphatic heterocycles. The third kappa shape index (κ3) is 5.21. The summed E-state index contributed by atoms with van der Waals surface area (Å²) in [6, 6.07) is 20.7. The van der Waals surface area contributed by atoms with Crippen LogP contribution in [-0.2, 0) is 19.9 Å². The minimum absolute atomic E-state index is 0.0744. The number of carbonyl (C=O) groups is 2. The van der Waals surface area contributed by atoms with Crippen molar-refractivity contribution < 1.29 is 24.2 Å². The van der Waals surface area contributed by atoms with E-state index in [1.165, 1.54) is 4.68 Å². The minimum atomic E-state index is -2.50. The number of benzene rings is 3. The highest BCUT2D eigenvalue weighted by atomic mass is 28.3. The summed E-state index contributed by atoms with van der Waals surface area (Å²) in [4.78, 5) is 46.1. The van der Waals surface area contributed by atoms with Crippen molar-refractivity contribution in [1.29, 1.82) is 0 Å². The molecule has 50 heavy (non-hydrogen) atoms. The number of likely N-dealkylation sites (tertiary alicyclic amines) is 1. The van der Waals surface area contributed by atoms with E-state index in [4.69, 9.17) is 9.47 Å². The molecule has 0 bridgehead atoms. The van der Waals surface area contributed by atoms with Crippen molar-refractivity contribution >= 4 is 41.5 Å². The molecule has 4 aromatic rings. The molecular weight excluding hydrogens is 649 g/mol. The molecule has 11 heteroatoms. The summed E-state index contributed by atoms with van der Waals surface area (Å²) in [6.45, 7) is 11.3. The minimum Gasteiger partial charge on any atom is -0.497 e. The van der Waals surface area contributed by atoms with Crippen LogP contribution < -0.4 is 20.4 Å². The van der Waals surface area contributed by atoms with Crippen LogP contribution in [0.3, 0.4) is 0 Å². The number of carbonyl (C=O) groups excluding carboxylic acids is 2. The lowest BCUT2D eigenvalue weighted by molar-refractivity contribution is -0.149. The number of aliphatic hydroxyl groups excluding tert-OH is 1. The van der Waals surface area contributed by atoms with Crippen LogP contribution in [0, 0.1) is 5.92 Å². The first-order valence-corrected chi connectivity index (χ1v) is 20.4. The van der Waals surface area contributed by atoms with Gasteiger partial charge >= 0.3 is 0 Å². The maximum atomic E-state index is 14.9. The van der Waals surface area contributed by atoms with Gasteiger partial charge in [0.25, 0.3) is 11.5 Å². The van der Waals surface area contributed by atoms with E-state index in [1.807, 2.05) is 42.5 Å². The van der Waals surface area contributed by atoms with E-state index in [0.29, 0.717) is 28.9 Å². The Balaban J connectivity index is 1.37. The summed E-state index contributed by atoms with van der Waals surface area (Å²) in [6.07, 6.45) is 4.48. The van der Waals surface area contributed by atoms with Crippen molar-refractivity contribution in [3.05, 3.63) is 101 Å². The van der Waals surface area contributed by atoms with Crippen LogP contribution in [-0.4, -0.2) is 78.6 Å². The third-order valence-corrected chi connectivity index (χ3v) is 15.7. The van der Waals surface area contributed by atoms with Crippen molar-refractivity contribution in [2.45, 2.75) is 62.6 Å². The number of nitrogens with zero attached hydrogens (tertiary/aromatic N) is 4. The maximum Gasteiger partial charge on any atom is 0.279 e. The molecule has 1 spiro atoms. The second-order valence-electron chi connectivity index (χ2n) is 14.3. The molecule has 2 amide bonds. The van der Waals surface area contributed by atoms with Crippen LogP contribution in [0.1, 0.15) is 31.7 Å². The van der Waals surface area contributed by atoms with E-state index in [0.717, 1.165) is 29.2 Å². The first kappa shape index (κ1) is 33.9. The fraction of sp³-hybridized carbons (Fsp3) is 0.385. The van der Waals surface area contributed by atoms with Crippen LogP contribution in [0.25, 0.3) is 16.5 Å². The number of hydrogen-bond donors (Lipinski definition) is 1. The SMILES string of the molecule is C=CCN1C(=O)[C@]2(O[C@H](CC(=O)N3CCC[C@H]3CO)[C@@H]([Si](C)(C)c3ccc(OC)cc3)[C@@H]2C)c2cc(-n3ncc4ccccc4c3=O)ccc21. The lowest BCUT2D eigenvalue weighted by Crippen LogP contribution is -2.52. The second-order valence-corrected chi connectivity index (χ2v) is 19.0. The van der Waals surface area contributed by atoms with Crippen LogP contribution in [0.15, 0.2) is 90.4 Å². The Morgan fingerprint density at radius 1 is 1.14 bits per heavy atom. The molecule has 260 valence electrons. The van der Waals surface area contributed by atoms with Gasteiger partial charge < -0.3 is 24.4 Å². The standard InChI is InChI=1S/C39H44N4O6Si/c1-6-19-42-33-18-13-27(43-37(46)31-12-8-7-10-26(31)23-40-43)21-32(33)39(38(42)47)25(2)36(50(4,5)30-16-14-29(48-3)15-17-30)34(49-39)22-35(45)41-20-9-11-28(41)24-44/h6-8,10,12-18,21,23,25,28,34,36,44H,1,9,11,19-20,22,24H2,2-5H3/t25-,28-,34+,36-,39+/m0/s1. The van der Waals surface area contributed by atoms with E-state index >= 15 is 0 Å². The summed E-state index contributed by atoms with van der Waals surface area (Å²) >= 11 is 0. The van der Waals surface area contributed by atoms with Gasteiger partial charge in [0.2, 0.25) is 5.91 Å². The number of rotatable bonds is 9. The van der Waals surface area contributed by atoms with Crippen molar-refractivity contribution in [2.75, 3.05) is 31.7 Å². The number of amides is 2. The Bertz CT molecular complexity index is 2030. The molecule has 3 aromatic carbocycles. The van der Waals surface area contributed by atoms with Gasteiger partial charge in [-0.1, -0.05) is 61.6 Å². The van der Waals surface area contributed by atoms with E-state index in [1.54, 1.807) is 41.3 Å². The summed E-state index contributed by atoms with van der Waals surface area (Å²) < 4.78 is 14.0. The van der Waals surface area contributed by atoms with Crippen molar-refractivity contribution in [2.24, 2.45) is 5.92 Å². The van der Waals surface area contributed by atoms with E-state index < -0.39 is 19.8 Å². The largest absolute Gasteiger partial charge is 0.497 e. The first-order chi connectivity index (χ1) is 24.1. The second kappa shape index (κ2) is 12.9. The van der Waals surface area contributed by atoms with Crippen LogP contribution in [0.4, 0.5) is 5.69 Å². The van der Waals surface area contributed by atoms with Gasteiger partial charge in [-0.3, -0.25) is 14.4 Å². The Morgan fingerprint density at radius 2 is 1.90 bits per heavy atom. The molecule has 0 unspecified atom stereocenters. The molecule has 5 atom stereocenters. The number of aliphatic hydroxyl groups is 1. The van der Waals surface area contributed by atoms with Crippen LogP contribution in [0.5, 0.6) is 5.75 Å². The number of aromatic nitrogens is 2. The van der Waals surface area contributed by atoms with Gasteiger partial charge in [-0.25, -0.2) is 0 Å². The van der Waals surface area contributed by atoms with Gasteiger partial charge in [0.05, 0.1) is 63.3 Å². The molecule has 2 fully saturated rings. The molecule has 7 rings (SSSR count). The highest BCUT2D eigenvalue weighted by Gasteiger charge is 2.66. The van der Waals surface area contributed by atoms with Crippen molar-refractivity contribution in [3.63, 3.8) is 0 Å². The zero-order valence-electron chi connectivity index (χ0n) is 29.0.